The number of piperidine rings is 1. The summed E-state index contributed by atoms with van der Waals surface area (Å²) >= 11 is 0. The van der Waals surface area contributed by atoms with Crippen LogP contribution < -0.4 is 5.73 Å². The molecule has 0 radical (unpaired) electrons. The van der Waals surface area contributed by atoms with Crippen LogP contribution in [0.3, 0.4) is 0 Å². The molecule has 98 valence electrons. The van der Waals surface area contributed by atoms with E-state index in [2.05, 4.69) is 4.90 Å². The van der Waals surface area contributed by atoms with Crippen molar-refractivity contribution in [1.29, 1.82) is 0 Å². The summed E-state index contributed by atoms with van der Waals surface area (Å²) in [5, 5.41) is 10.9. The van der Waals surface area contributed by atoms with E-state index in [1.54, 1.807) is 12.1 Å². The van der Waals surface area contributed by atoms with Gasteiger partial charge in [-0.2, -0.15) is 0 Å². The zero-order valence-corrected chi connectivity index (χ0v) is 10.6. The summed E-state index contributed by atoms with van der Waals surface area (Å²) in [6.07, 6.45) is 2.18. The molecule has 0 amide bonds. The highest BCUT2D eigenvalue weighted by Crippen LogP contribution is 2.23. The van der Waals surface area contributed by atoms with Crippen molar-refractivity contribution in [3.63, 3.8) is 0 Å². The molecule has 2 rings (SSSR count). The smallest absolute Gasteiger partial charge is 0.272 e. The van der Waals surface area contributed by atoms with E-state index < -0.39 is 0 Å². The van der Waals surface area contributed by atoms with Gasteiger partial charge < -0.3 is 5.73 Å². The molecule has 2 N–H and O–H groups in total. The van der Waals surface area contributed by atoms with Gasteiger partial charge in [0, 0.05) is 30.8 Å². The predicted octanol–water partition coefficient (Wildman–Crippen LogP) is 1.83. The predicted molar refractivity (Wildman–Crippen MR) is 70.3 cm³/mol. The van der Waals surface area contributed by atoms with Gasteiger partial charge in [-0.25, -0.2) is 0 Å². The molecule has 0 aromatic heterocycles. The SMILES string of the molecule is Cc1c(CN2CCC[C@@H](N)C2)cccc1[N+](=O)[O-]. The van der Waals surface area contributed by atoms with Crippen LogP contribution in [0.25, 0.3) is 0 Å². The zero-order chi connectivity index (χ0) is 13.1. The van der Waals surface area contributed by atoms with Crippen molar-refractivity contribution >= 4 is 5.69 Å². The molecule has 1 heterocycles. The Morgan fingerprint density at radius 3 is 3.00 bits per heavy atom. The first-order valence-electron chi connectivity index (χ1n) is 6.28. The Bertz CT molecular complexity index is 448. The molecule has 1 atom stereocenters. The Hall–Kier alpha value is -1.46. The van der Waals surface area contributed by atoms with Crippen molar-refractivity contribution in [1.82, 2.24) is 4.90 Å². The lowest BCUT2D eigenvalue weighted by Crippen LogP contribution is -2.42. The fraction of sp³-hybridized carbons (Fsp3) is 0.538. The van der Waals surface area contributed by atoms with E-state index in [4.69, 9.17) is 5.73 Å². The van der Waals surface area contributed by atoms with Gasteiger partial charge in [0.05, 0.1) is 4.92 Å². The first kappa shape index (κ1) is 13.0. The maximum atomic E-state index is 10.9. The van der Waals surface area contributed by atoms with Crippen LogP contribution in [-0.4, -0.2) is 29.0 Å². The van der Waals surface area contributed by atoms with Crippen LogP contribution >= 0.6 is 0 Å². The number of nitrogens with zero attached hydrogens (tertiary/aromatic N) is 2. The Kier molecular flexibility index (Phi) is 3.93. The van der Waals surface area contributed by atoms with E-state index in [0.717, 1.165) is 43.6 Å². The summed E-state index contributed by atoms with van der Waals surface area (Å²) in [5.74, 6) is 0. The fourth-order valence-electron chi connectivity index (χ4n) is 2.51. The molecule has 5 heteroatoms. The topological polar surface area (TPSA) is 72.4 Å². The number of rotatable bonds is 3. The van der Waals surface area contributed by atoms with Crippen LogP contribution in [0.15, 0.2) is 18.2 Å². The highest BCUT2D eigenvalue weighted by molar-refractivity contribution is 5.44. The number of nitrogens with two attached hydrogens (primary N) is 1. The quantitative estimate of drug-likeness (QED) is 0.655. The first-order valence-corrected chi connectivity index (χ1v) is 6.28. The summed E-state index contributed by atoms with van der Waals surface area (Å²) in [4.78, 5) is 12.8. The van der Waals surface area contributed by atoms with Crippen molar-refractivity contribution in [2.45, 2.75) is 32.4 Å². The van der Waals surface area contributed by atoms with Gasteiger partial charge >= 0.3 is 0 Å². The molecule has 0 bridgehead atoms. The molecule has 0 unspecified atom stereocenters. The Morgan fingerprint density at radius 1 is 1.56 bits per heavy atom. The van der Waals surface area contributed by atoms with Gasteiger partial charge in [0.15, 0.2) is 0 Å². The summed E-state index contributed by atoms with van der Waals surface area (Å²) in [6.45, 7) is 4.47. The van der Waals surface area contributed by atoms with E-state index in [-0.39, 0.29) is 16.7 Å². The minimum Gasteiger partial charge on any atom is -0.327 e. The number of likely N-dealkylation sites (tertiary alicyclic amines) is 1. The average molecular weight is 249 g/mol. The Balaban J connectivity index is 2.14. The highest BCUT2D eigenvalue weighted by atomic mass is 16.6. The van der Waals surface area contributed by atoms with E-state index in [1.807, 2.05) is 13.0 Å². The van der Waals surface area contributed by atoms with Crippen molar-refractivity contribution in [3.8, 4) is 0 Å². The van der Waals surface area contributed by atoms with Crippen molar-refractivity contribution in [2.75, 3.05) is 13.1 Å². The maximum absolute atomic E-state index is 10.9. The first-order chi connectivity index (χ1) is 8.58. The van der Waals surface area contributed by atoms with E-state index in [0.29, 0.717) is 0 Å². The van der Waals surface area contributed by atoms with Crippen LogP contribution in [0.2, 0.25) is 0 Å². The van der Waals surface area contributed by atoms with Crippen LogP contribution in [0.4, 0.5) is 5.69 Å². The second kappa shape index (κ2) is 5.46. The Morgan fingerprint density at radius 2 is 2.33 bits per heavy atom. The third-order valence-electron chi connectivity index (χ3n) is 3.55. The number of nitro groups is 1. The summed E-state index contributed by atoms with van der Waals surface area (Å²) < 4.78 is 0. The molecule has 0 spiro atoms. The lowest BCUT2D eigenvalue weighted by atomic mass is 10.0. The van der Waals surface area contributed by atoms with Gasteiger partial charge in [0.25, 0.3) is 5.69 Å². The summed E-state index contributed by atoms with van der Waals surface area (Å²) in [5.41, 5.74) is 7.94. The fourth-order valence-corrected chi connectivity index (χ4v) is 2.51. The van der Waals surface area contributed by atoms with Crippen LogP contribution in [0.1, 0.15) is 24.0 Å². The van der Waals surface area contributed by atoms with Gasteiger partial charge in [-0.3, -0.25) is 15.0 Å². The molecule has 1 fully saturated rings. The lowest BCUT2D eigenvalue weighted by molar-refractivity contribution is -0.385. The normalized spacial score (nSPS) is 20.9. The molecule has 1 saturated heterocycles. The summed E-state index contributed by atoms with van der Waals surface area (Å²) in [6, 6.07) is 5.51. The second-order valence-electron chi connectivity index (χ2n) is 4.96. The molecule has 18 heavy (non-hydrogen) atoms. The average Bonchev–Trinajstić information content (AvgIpc) is 2.31. The zero-order valence-electron chi connectivity index (χ0n) is 10.6. The van der Waals surface area contributed by atoms with Gasteiger partial charge in [0.1, 0.15) is 0 Å². The minimum atomic E-state index is -0.319. The molecule has 1 aromatic carbocycles. The molecular weight excluding hydrogens is 230 g/mol. The van der Waals surface area contributed by atoms with Gasteiger partial charge in [-0.05, 0) is 31.9 Å². The van der Waals surface area contributed by atoms with Gasteiger partial charge in [-0.15, -0.1) is 0 Å². The van der Waals surface area contributed by atoms with Crippen LogP contribution in [-0.2, 0) is 6.54 Å². The third-order valence-corrected chi connectivity index (χ3v) is 3.55. The van der Waals surface area contributed by atoms with Gasteiger partial charge in [0.2, 0.25) is 0 Å². The van der Waals surface area contributed by atoms with Crippen molar-refractivity contribution in [3.05, 3.63) is 39.4 Å². The van der Waals surface area contributed by atoms with E-state index >= 15 is 0 Å². The molecule has 0 saturated carbocycles. The number of hydrogen-bond donors (Lipinski definition) is 1. The summed E-state index contributed by atoms with van der Waals surface area (Å²) in [7, 11) is 0. The molecule has 1 aliphatic heterocycles. The van der Waals surface area contributed by atoms with E-state index in [9.17, 15) is 10.1 Å². The van der Waals surface area contributed by atoms with Crippen LogP contribution in [0.5, 0.6) is 0 Å². The minimum absolute atomic E-state index is 0.203. The third kappa shape index (κ3) is 2.86. The standard InChI is InChI=1S/C13H19N3O2/c1-10-11(4-2-6-13(10)16(17)18)8-15-7-3-5-12(14)9-15/h2,4,6,12H,3,5,7-9,14H2,1H3/t12-/m1/s1. The lowest BCUT2D eigenvalue weighted by Gasteiger charge is -2.30. The van der Waals surface area contributed by atoms with Crippen LogP contribution in [0, 0.1) is 17.0 Å². The number of nitro benzene ring substituents is 1. The maximum Gasteiger partial charge on any atom is 0.272 e. The van der Waals surface area contributed by atoms with E-state index in [1.165, 1.54) is 0 Å². The van der Waals surface area contributed by atoms with Crippen molar-refractivity contribution in [2.24, 2.45) is 5.73 Å². The van der Waals surface area contributed by atoms with Gasteiger partial charge in [-0.1, -0.05) is 12.1 Å². The largest absolute Gasteiger partial charge is 0.327 e. The second-order valence-corrected chi connectivity index (χ2v) is 4.96. The monoisotopic (exact) mass is 249 g/mol. The molecule has 0 aliphatic carbocycles. The number of benzene rings is 1. The number of hydrogen-bond acceptors (Lipinski definition) is 4. The van der Waals surface area contributed by atoms with Crippen molar-refractivity contribution < 1.29 is 4.92 Å². The molecule has 5 nitrogen and oxygen atoms in total. The highest BCUT2D eigenvalue weighted by Gasteiger charge is 2.19. The Labute approximate surface area is 107 Å². The molecular formula is C13H19N3O2. The molecule has 1 aromatic rings. The molecule has 1 aliphatic rings.